The minimum absolute atomic E-state index is 0.00598. The molecule has 2 aromatic carbocycles. The molecule has 0 bridgehead atoms. The van der Waals surface area contributed by atoms with Crippen molar-refractivity contribution in [2.75, 3.05) is 13.1 Å². The first-order chi connectivity index (χ1) is 11.7. The molecule has 1 aliphatic heterocycles. The smallest absolute Gasteiger partial charge is 0.254 e. The molecular formula is C19H15IN2O2. The van der Waals surface area contributed by atoms with Crippen molar-refractivity contribution < 1.29 is 9.53 Å². The van der Waals surface area contributed by atoms with Gasteiger partial charge in [0.15, 0.2) is 0 Å². The second-order valence-electron chi connectivity index (χ2n) is 5.80. The Bertz CT molecular complexity index is 889. The fraction of sp³-hybridized carbons (Fsp3) is 0.158. The predicted octanol–water partition coefficient (Wildman–Crippen LogP) is 3.74. The lowest BCUT2D eigenvalue weighted by Gasteiger charge is -2.38. The molecule has 120 valence electrons. The third-order valence-corrected chi connectivity index (χ3v) is 4.81. The number of rotatable bonds is 3. The molecule has 2 heterocycles. The molecule has 1 saturated heterocycles. The minimum Gasteiger partial charge on any atom is -0.471 e. The van der Waals surface area contributed by atoms with Crippen molar-refractivity contribution in [1.82, 2.24) is 9.88 Å². The molecule has 1 fully saturated rings. The Hall–Kier alpha value is -2.15. The molecule has 1 amide bonds. The highest BCUT2D eigenvalue weighted by atomic mass is 127. The summed E-state index contributed by atoms with van der Waals surface area (Å²) in [5, 5.41) is 1.09. The monoisotopic (exact) mass is 430 g/mol. The van der Waals surface area contributed by atoms with E-state index < -0.39 is 0 Å². The standard InChI is InChI=1S/C19H15IN2O2/c20-15-8-5-14(6-9-15)19(23)22-11-16(12-22)24-18-10-7-13-3-1-2-4-17(13)21-18/h1-10,16H,11-12H2. The number of fused-ring (bicyclic) bond motifs is 1. The molecule has 5 heteroatoms. The van der Waals surface area contributed by atoms with Crippen LogP contribution in [0.5, 0.6) is 5.88 Å². The van der Waals surface area contributed by atoms with Crippen LogP contribution in [0.2, 0.25) is 0 Å². The Morgan fingerprint density at radius 2 is 1.79 bits per heavy atom. The van der Waals surface area contributed by atoms with E-state index in [2.05, 4.69) is 27.6 Å². The van der Waals surface area contributed by atoms with Crippen LogP contribution in [-0.4, -0.2) is 35.0 Å². The first-order valence-corrected chi connectivity index (χ1v) is 8.84. The van der Waals surface area contributed by atoms with Gasteiger partial charge in [-0.15, -0.1) is 0 Å². The molecule has 0 N–H and O–H groups in total. The molecule has 0 atom stereocenters. The number of benzene rings is 2. The summed E-state index contributed by atoms with van der Waals surface area (Å²) in [5.74, 6) is 0.665. The summed E-state index contributed by atoms with van der Waals surface area (Å²) in [6.07, 6.45) is 0.00598. The van der Waals surface area contributed by atoms with Crippen LogP contribution in [0.4, 0.5) is 0 Å². The number of aromatic nitrogens is 1. The Labute approximate surface area is 153 Å². The summed E-state index contributed by atoms with van der Waals surface area (Å²) in [4.78, 5) is 18.7. The van der Waals surface area contributed by atoms with Crippen LogP contribution in [0.25, 0.3) is 10.9 Å². The Morgan fingerprint density at radius 1 is 1.04 bits per heavy atom. The molecular weight excluding hydrogens is 415 g/mol. The van der Waals surface area contributed by atoms with Gasteiger partial charge in [-0.2, -0.15) is 0 Å². The molecule has 1 aliphatic rings. The number of halogens is 1. The van der Waals surface area contributed by atoms with E-state index in [-0.39, 0.29) is 12.0 Å². The Kier molecular flexibility index (Phi) is 4.10. The van der Waals surface area contributed by atoms with Crippen LogP contribution in [0.15, 0.2) is 60.7 Å². The first kappa shape index (κ1) is 15.4. The number of likely N-dealkylation sites (tertiary alicyclic amines) is 1. The maximum Gasteiger partial charge on any atom is 0.254 e. The quantitative estimate of drug-likeness (QED) is 0.595. The summed E-state index contributed by atoms with van der Waals surface area (Å²) in [7, 11) is 0. The van der Waals surface area contributed by atoms with Crippen molar-refractivity contribution >= 4 is 39.4 Å². The van der Waals surface area contributed by atoms with Gasteiger partial charge in [-0.3, -0.25) is 4.79 Å². The van der Waals surface area contributed by atoms with Crippen LogP contribution in [0, 0.1) is 3.57 Å². The van der Waals surface area contributed by atoms with Gasteiger partial charge < -0.3 is 9.64 Å². The second-order valence-corrected chi connectivity index (χ2v) is 7.04. The molecule has 24 heavy (non-hydrogen) atoms. The largest absolute Gasteiger partial charge is 0.471 e. The summed E-state index contributed by atoms with van der Waals surface area (Å²) < 4.78 is 7.01. The average molecular weight is 430 g/mol. The first-order valence-electron chi connectivity index (χ1n) is 7.76. The highest BCUT2D eigenvalue weighted by molar-refractivity contribution is 14.1. The van der Waals surface area contributed by atoms with Gasteiger partial charge in [-0.1, -0.05) is 18.2 Å². The van der Waals surface area contributed by atoms with Gasteiger partial charge in [0, 0.05) is 20.6 Å². The van der Waals surface area contributed by atoms with E-state index >= 15 is 0 Å². The number of amides is 1. The van der Waals surface area contributed by atoms with Crippen LogP contribution in [0.3, 0.4) is 0 Å². The molecule has 0 spiro atoms. The van der Waals surface area contributed by atoms with Gasteiger partial charge in [-0.05, 0) is 59.0 Å². The Morgan fingerprint density at radius 3 is 2.58 bits per heavy atom. The predicted molar refractivity (Wildman–Crippen MR) is 101 cm³/mol. The highest BCUT2D eigenvalue weighted by Gasteiger charge is 2.33. The number of hydrogen-bond acceptors (Lipinski definition) is 3. The Balaban J connectivity index is 1.38. The van der Waals surface area contributed by atoms with Crippen LogP contribution in [0.1, 0.15) is 10.4 Å². The fourth-order valence-corrected chi connectivity index (χ4v) is 3.10. The van der Waals surface area contributed by atoms with E-state index in [0.29, 0.717) is 19.0 Å². The van der Waals surface area contributed by atoms with E-state index in [1.54, 1.807) is 4.90 Å². The topological polar surface area (TPSA) is 42.4 Å². The average Bonchev–Trinajstić information content (AvgIpc) is 2.58. The number of hydrogen-bond donors (Lipinski definition) is 0. The van der Waals surface area contributed by atoms with Crippen LogP contribution in [-0.2, 0) is 0 Å². The number of nitrogens with zero attached hydrogens (tertiary/aromatic N) is 2. The van der Waals surface area contributed by atoms with Crippen molar-refractivity contribution in [3.63, 3.8) is 0 Å². The molecule has 0 unspecified atom stereocenters. The van der Waals surface area contributed by atoms with E-state index in [0.717, 1.165) is 20.0 Å². The number of carbonyl (C=O) groups excluding carboxylic acids is 1. The van der Waals surface area contributed by atoms with E-state index in [4.69, 9.17) is 4.74 Å². The lowest BCUT2D eigenvalue weighted by Crippen LogP contribution is -2.56. The zero-order chi connectivity index (χ0) is 16.5. The second kappa shape index (κ2) is 6.39. The number of pyridine rings is 1. The maximum absolute atomic E-state index is 12.4. The van der Waals surface area contributed by atoms with Gasteiger partial charge >= 0.3 is 0 Å². The lowest BCUT2D eigenvalue weighted by atomic mass is 10.1. The molecule has 3 aromatic rings. The summed E-state index contributed by atoms with van der Waals surface area (Å²) in [5.41, 5.74) is 1.64. The molecule has 4 rings (SSSR count). The number of ether oxygens (including phenoxy) is 1. The van der Waals surface area contributed by atoms with Gasteiger partial charge in [0.05, 0.1) is 18.6 Å². The van der Waals surface area contributed by atoms with Gasteiger partial charge in [0.25, 0.3) is 5.91 Å². The van der Waals surface area contributed by atoms with Gasteiger partial charge in [0.2, 0.25) is 5.88 Å². The van der Waals surface area contributed by atoms with Crippen molar-refractivity contribution in [3.8, 4) is 5.88 Å². The molecule has 0 aliphatic carbocycles. The molecule has 0 saturated carbocycles. The van der Waals surface area contributed by atoms with Gasteiger partial charge in [0.1, 0.15) is 6.10 Å². The van der Waals surface area contributed by atoms with Crippen molar-refractivity contribution in [2.24, 2.45) is 0 Å². The van der Waals surface area contributed by atoms with Crippen molar-refractivity contribution in [2.45, 2.75) is 6.10 Å². The zero-order valence-corrected chi connectivity index (χ0v) is 15.0. The summed E-state index contributed by atoms with van der Waals surface area (Å²) >= 11 is 2.23. The molecule has 1 aromatic heterocycles. The number of carbonyl (C=O) groups is 1. The van der Waals surface area contributed by atoms with Crippen molar-refractivity contribution in [3.05, 3.63) is 69.8 Å². The summed E-state index contributed by atoms with van der Waals surface area (Å²) in [6, 6.07) is 19.4. The van der Waals surface area contributed by atoms with Gasteiger partial charge in [-0.25, -0.2) is 4.98 Å². The molecule has 4 nitrogen and oxygen atoms in total. The normalized spacial score (nSPS) is 14.5. The summed E-state index contributed by atoms with van der Waals surface area (Å²) in [6.45, 7) is 1.19. The minimum atomic E-state index is 0.00598. The van der Waals surface area contributed by atoms with Crippen LogP contribution >= 0.6 is 22.6 Å². The number of para-hydroxylation sites is 1. The SMILES string of the molecule is O=C(c1ccc(I)cc1)N1CC(Oc2ccc3ccccc3n2)C1. The molecule has 0 radical (unpaired) electrons. The highest BCUT2D eigenvalue weighted by Crippen LogP contribution is 2.21. The third kappa shape index (κ3) is 3.08. The lowest BCUT2D eigenvalue weighted by molar-refractivity contribution is 0.0161. The zero-order valence-electron chi connectivity index (χ0n) is 12.9. The maximum atomic E-state index is 12.4. The fourth-order valence-electron chi connectivity index (χ4n) is 2.74. The van der Waals surface area contributed by atoms with E-state index in [1.165, 1.54) is 0 Å². The van der Waals surface area contributed by atoms with E-state index in [1.807, 2.05) is 60.7 Å². The van der Waals surface area contributed by atoms with Crippen LogP contribution < -0.4 is 4.74 Å². The van der Waals surface area contributed by atoms with Crippen molar-refractivity contribution in [1.29, 1.82) is 0 Å². The third-order valence-electron chi connectivity index (χ3n) is 4.09. The van der Waals surface area contributed by atoms with E-state index in [9.17, 15) is 4.79 Å².